The fourth-order valence-electron chi connectivity index (χ4n) is 2.54. The van der Waals surface area contributed by atoms with Crippen LogP contribution in [0.1, 0.15) is 30.1 Å². The second kappa shape index (κ2) is 5.12. The van der Waals surface area contributed by atoms with Crippen LogP contribution in [0.4, 0.5) is 5.82 Å². The van der Waals surface area contributed by atoms with Crippen molar-refractivity contribution in [3.05, 3.63) is 35.9 Å². The SMILES string of the molecule is CC(CNc1cc(C(=O)O)c2ccccc2n1)C1CC1. The van der Waals surface area contributed by atoms with E-state index in [0.717, 1.165) is 12.5 Å². The van der Waals surface area contributed by atoms with Crippen molar-refractivity contribution in [2.75, 3.05) is 11.9 Å². The first-order chi connectivity index (χ1) is 9.65. The maximum absolute atomic E-state index is 11.4. The van der Waals surface area contributed by atoms with Gasteiger partial charge < -0.3 is 10.4 Å². The Morgan fingerprint density at radius 3 is 2.90 bits per heavy atom. The number of carboxylic acids is 1. The average Bonchev–Trinajstić information content (AvgIpc) is 3.28. The quantitative estimate of drug-likeness (QED) is 0.874. The number of hydrogen-bond acceptors (Lipinski definition) is 3. The molecule has 1 aliphatic rings. The van der Waals surface area contributed by atoms with Gasteiger partial charge in [0.05, 0.1) is 11.1 Å². The molecule has 1 fully saturated rings. The summed E-state index contributed by atoms with van der Waals surface area (Å²) < 4.78 is 0. The highest BCUT2D eigenvalue weighted by atomic mass is 16.4. The topological polar surface area (TPSA) is 62.2 Å². The van der Waals surface area contributed by atoms with Crippen molar-refractivity contribution in [1.82, 2.24) is 4.98 Å². The normalized spacial score (nSPS) is 16.1. The molecule has 1 heterocycles. The Balaban J connectivity index is 1.88. The molecule has 3 rings (SSSR count). The zero-order chi connectivity index (χ0) is 14.1. The van der Waals surface area contributed by atoms with E-state index in [-0.39, 0.29) is 0 Å². The molecule has 0 spiro atoms. The van der Waals surface area contributed by atoms with Gasteiger partial charge in [0.1, 0.15) is 5.82 Å². The zero-order valence-corrected chi connectivity index (χ0v) is 11.5. The van der Waals surface area contributed by atoms with Gasteiger partial charge in [0, 0.05) is 11.9 Å². The number of rotatable bonds is 5. The van der Waals surface area contributed by atoms with Crippen molar-refractivity contribution >= 4 is 22.7 Å². The number of anilines is 1. The molecule has 0 amide bonds. The van der Waals surface area contributed by atoms with E-state index in [2.05, 4.69) is 17.2 Å². The molecular formula is C16H18N2O2. The number of carboxylic acid groups (broad SMARTS) is 1. The number of aromatic nitrogens is 1. The molecule has 1 saturated carbocycles. The van der Waals surface area contributed by atoms with Gasteiger partial charge >= 0.3 is 5.97 Å². The number of fused-ring (bicyclic) bond motifs is 1. The van der Waals surface area contributed by atoms with Crippen LogP contribution in [-0.2, 0) is 0 Å². The molecule has 0 bridgehead atoms. The highest BCUT2D eigenvalue weighted by Gasteiger charge is 2.27. The van der Waals surface area contributed by atoms with E-state index in [1.54, 1.807) is 12.1 Å². The number of carbonyl (C=O) groups is 1. The molecule has 1 unspecified atom stereocenters. The number of hydrogen-bond donors (Lipinski definition) is 2. The molecule has 0 aliphatic heterocycles. The molecule has 0 saturated heterocycles. The first-order valence-corrected chi connectivity index (χ1v) is 7.02. The molecule has 1 atom stereocenters. The van der Waals surface area contributed by atoms with E-state index in [0.29, 0.717) is 28.2 Å². The number of benzene rings is 1. The first-order valence-electron chi connectivity index (χ1n) is 7.02. The Morgan fingerprint density at radius 2 is 2.20 bits per heavy atom. The third-order valence-electron chi connectivity index (χ3n) is 3.98. The van der Waals surface area contributed by atoms with E-state index in [1.807, 2.05) is 18.2 Å². The number of aromatic carboxylic acids is 1. The average molecular weight is 270 g/mol. The lowest BCUT2D eigenvalue weighted by atomic mass is 10.1. The Labute approximate surface area is 117 Å². The van der Waals surface area contributed by atoms with Gasteiger partial charge in [0.2, 0.25) is 0 Å². The summed E-state index contributed by atoms with van der Waals surface area (Å²) in [5, 5.41) is 13.3. The third kappa shape index (κ3) is 2.59. The lowest BCUT2D eigenvalue weighted by Gasteiger charge is -2.13. The smallest absolute Gasteiger partial charge is 0.336 e. The predicted molar refractivity (Wildman–Crippen MR) is 79.1 cm³/mol. The third-order valence-corrected chi connectivity index (χ3v) is 3.98. The van der Waals surface area contributed by atoms with E-state index in [1.165, 1.54) is 12.8 Å². The zero-order valence-electron chi connectivity index (χ0n) is 11.5. The minimum atomic E-state index is -0.915. The molecule has 2 aromatic rings. The van der Waals surface area contributed by atoms with Crippen molar-refractivity contribution in [3.8, 4) is 0 Å². The van der Waals surface area contributed by atoms with Gasteiger partial charge in [-0.3, -0.25) is 0 Å². The van der Waals surface area contributed by atoms with Crippen LogP contribution in [0, 0.1) is 11.8 Å². The van der Waals surface area contributed by atoms with Gasteiger partial charge in [-0.1, -0.05) is 25.1 Å². The summed E-state index contributed by atoms with van der Waals surface area (Å²) in [7, 11) is 0. The van der Waals surface area contributed by atoms with Crippen LogP contribution < -0.4 is 5.32 Å². The van der Waals surface area contributed by atoms with Gasteiger partial charge in [-0.2, -0.15) is 0 Å². The number of nitrogens with one attached hydrogen (secondary N) is 1. The standard InChI is InChI=1S/C16H18N2O2/c1-10(11-6-7-11)9-17-15-8-13(16(19)20)12-4-2-3-5-14(12)18-15/h2-5,8,10-11H,6-7,9H2,1H3,(H,17,18)(H,19,20). The molecule has 104 valence electrons. The number of nitrogens with zero attached hydrogens (tertiary/aromatic N) is 1. The van der Waals surface area contributed by atoms with Crippen LogP contribution in [0.25, 0.3) is 10.9 Å². The van der Waals surface area contributed by atoms with Gasteiger partial charge in [0.15, 0.2) is 0 Å². The van der Waals surface area contributed by atoms with Crippen LogP contribution in [0.3, 0.4) is 0 Å². The van der Waals surface area contributed by atoms with Crippen LogP contribution in [0.5, 0.6) is 0 Å². The summed E-state index contributed by atoms with van der Waals surface area (Å²) in [5.41, 5.74) is 1.02. The van der Waals surface area contributed by atoms with Crippen molar-refractivity contribution in [3.63, 3.8) is 0 Å². The van der Waals surface area contributed by atoms with E-state index in [4.69, 9.17) is 0 Å². The van der Waals surface area contributed by atoms with E-state index < -0.39 is 5.97 Å². The Hall–Kier alpha value is -2.10. The largest absolute Gasteiger partial charge is 0.478 e. The Bertz CT molecular complexity index is 650. The molecule has 1 aliphatic carbocycles. The predicted octanol–water partition coefficient (Wildman–Crippen LogP) is 3.39. The van der Waals surface area contributed by atoms with Crippen LogP contribution in [0.15, 0.2) is 30.3 Å². The summed E-state index contributed by atoms with van der Waals surface area (Å²) >= 11 is 0. The molecule has 4 heteroatoms. The Morgan fingerprint density at radius 1 is 1.45 bits per heavy atom. The van der Waals surface area contributed by atoms with Crippen molar-refractivity contribution in [2.24, 2.45) is 11.8 Å². The lowest BCUT2D eigenvalue weighted by Crippen LogP contribution is -2.14. The first kappa shape index (κ1) is 12.9. The van der Waals surface area contributed by atoms with Gasteiger partial charge in [-0.25, -0.2) is 9.78 Å². The summed E-state index contributed by atoms with van der Waals surface area (Å²) in [6.45, 7) is 3.07. The summed E-state index contributed by atoms with van der Waals surface area (Å²) in [6, 6.07) is 8.97. The molecule has 20 heavy (non-hydrogen) atoms. The highest BCUT2D eigenvalue weighted by molar-refractivity contribution is 6.03. The minimum absolute atomic E-state index is 0.303. The Kier molecular flexibility index (Phi) is 3.30. The van der Waals surface area contributed by atoms with Crippen LogP contribution >= 0.6 is 0 Å². The lowest BCUT2D eigenvalue weighted by molar-refractivity contribution is 0.0699. The van der Waals surface area contributed by atoms with Crippen molar-refractivity contribution in [2.45, 2.75) is 19.8 Å². The summed E-state index contributed by atoms with van der Waals surface area (Å²) in [4.78, 5) is 15.9. The molecule has 2 N–H and O–H groups in total. The van der Waals surface area contributed by atoms with E-state index in [9.17, 15) is 9.90 Å². The fourth-order valence-corrected chi connectivity index (χ4v) is 2.54. The second-order valence-electron chi connectivity index (χ2n) is 5.57. The maximum atomic E-state index is 11.4. The second-order valence-corrected chi connectivity index (χ2v) is 5.57. The van der Waals surface area contributed by atoms with Crippen LogP contribution in [-0.4, -0.2) is 22.6 Å². The molecular weight excluding hydrogens is 252 g/mol. The number of pyridine rings is 1. The molecule has 0 radical (unpaired) electrons. The maximum Gasteiger partial charge on any atom is 0.336 e. The molecule has 1 aromatic carbocycles. The summed E-state index contributed by atoms with van der Waals surface area (Å²) in [5.74, 6) is 1.16. The van der Waals surface area contributed by atoms with Gasteiger partial charge in [-0.15, -0.1) is 0 Å². The fraction of sp³-hybridized carbons (Fsp3) is 0.375. The van der Waals surface area contributed by atoms with Crippen molar-refractivity contribution < 1.29 is 9.90 Å². The van der Waals surface area contributed by atoms with Gasteiger partial charge in [-0.05, 0) is 36.8 Å². The minimum Gasteiger partial charge on any atom is -0.478 e. The monoisotopic (exact) mass is 270 g/mol. The highest BCUT2D eigenvalue weighted by Crippen LogP contribution is 2.36. The molecule has 4 nitrogen and oxygen atoms in total. The van der Waals surface area contributed by atoms with Crippen molar-refractivity contribution in [1.29, 1.82) is 0 Å². The van der Waals surface area contributed by atoms with E-state index >= 15 is 0 Å². The summed E-state index contributed by atoms with van der Waals surface area (Å²) in [6.07, 6.45) is 2.63. The molecule has 1 aromatic heterocycles. The van der Waals surface area contributed by atoms with Gasteiger partial charge in [0.25, 0.3) is 0 Å². The van der Waals surface area contributed by atoms with Crippen LogP contribution in [0.2, 0.25) is 0 Å². The number of para-hydroxylation sites is 1.